The number of rotatable bonds is 4. The third-order valence-electron chi connectivity index (χ3n) is 3.83. The van der Waals surface area contributed by atoms with Crippen LogP contribution in [0.5, 0.6) is 0 Å². The number of benzene rings is 1. The highest BCUT2D eigenvalue weighted by Crippen LogP contribution is 2.31. The lowest BCUT2D eigenvalue weighted by atomic mass is 10.2. The molecule has 10 heteroatoms. The van der Waals surface area contributed by atoms with Crippen LogP contribution in [0.15, 0.2) is 77.2 Å². The van der Waals surface area contributed by atoms with Crippen molar-refractivity contribution < 1.29 is 0 Å². The summed E-state index contributed by atoms with van der Waals surface area (Å²) in [4.78, 5) is 4.08. The minimum Gasteiger partial charge on any atom is -0.270 e. The van der Waals surface area contributed by atoms with E-state index in [4.69, 9.17) is 0 Å². The molecule has 0 aliphatic rings. The molecule has 0 atom stereocenters. The number of hydrogen-bond acceptors (Lipinski definition) is 8. The SMILES string of the molecule is c1ccc(-n2c(Sc3ccc4nnnn4n3)nnc2-c2ccncc2)cc1. The van der Waals surface area contributed by atoms with Crippen molar-refractivity contribution in [2.24, 2.45) is 0 Å². The first-order chi connectivity index (χ1) is 13.4. The first kappa shape index (κ1) is 15.6. The molecule has 0 bridgehead atoms. The van der Waals surface area contributed by atoms with Gasteiger partial charge in [0.15, 0.2) is 11.5 Å². The van der Waals surface area contributed by atoms with Gasteiger partial charge in [-0.15, -0.1) is 25.0 Å². The lowest BCUT2D eigenvalue weighted by Gasteiger charge is -2.09. The minimum atomic E-state index is 0.585. The Hall–Kier alpha value is -3.66. The van der Waals surface area contributed by atoms with Crippen LogP contribution < -0.4 is 0 Å². The zero-order valence-corrected chi connectivity index (χ0v) is 14.6. The maximum Gasteiger partial charge on any atom is 0.202 e. The molecule has 5 rings (SSSR count). The number of aromatic nitrogens is 9. The topological polar surface area (TPSA) is 99.6 Å². The Balaban J connectivity index is 1.62. The van der Waals surface area contributed by atoms with Gasteiger partial charge >= 0.3 is 0 Å². The standard InChI is InChI=1S/C17H11N9S/c1-2-4-13(5-3-1)25-16(12-8-10-18-11-9-12)20-21-17(25)27-15-7-6-14-19-23-24-26(14)22-15/h1-11H. The van der Waals surface area contributed by atoms with Gasteiger partial charge in [-0.3, -0.25) is 9.55 Å². The highest BCUT2D eigenvalue weighted by molar-refractivity contribution is 7.99. The Morgan fingerprint density at radius 2 is 1.67 bits per heavy atom. The first-order valence-electron chi connectivity index (χ1n) is 8.03. The van der Waals surface area contributed by atoms with Crippen molar-refractivity contribution in [3.8, 4) is 17.1 Å². The molecule has 1 aromatic carbocycles. The number of tetrazole rings is 1. The van der Waals surface area contributed by atoms with Gasteiger partial charge in [-0.2, -0.15) is 0 Å². The number of nitrogens with zero attached hydrogens (tertiary/aromatic N) is 9. The Morgan fingerprint density at radius 1 is 0.815 bits per heavy atom. The summed E-state index contributed by atoms with van der Waals surface area (Å²) in [5.74, 6) is 0.731. The smallest absolute Gasteiger partial charge is 0.202 e. The van der Waals surface area contributed by atoms with Gasteiger partial charge in [0.1, 0.15) is 5.03 Å². The average molecular weight is 373 g/mol. The molecule has 0 spiro atoms. The molecule has 0 N–H and O–H groups in total. The first-order valence-corrected chi connectivity index (χ1v) is 8.85. The van der Waals surface area contributed by atoms with Crippen LogP contribution >= 0.6 is 11.8 Å². The molecule has 130 valence electrons. The fraction of sp³-hybridized carbons (Fsp3) is 0. The van der Waals surface area contributed by atoms with E-state index in [0.29, 0.717) is 15.8 Å². The lowest BCUT2D eigenvalue weighted by molar-refractivity contribution is 0.701. The molecule has 4 aromatic heterocycles. The molecule has 0 aliphatic heterocycles. The van der Waals surface area contributed by atoms with Gasteiger partial charge in [0.05, 0.1) is 0 Å². The Bertz CT molecular complexity index is 1200. The number of pyridine rings is 1. The molecule has 27 heavy (non-hydrogen) atoms. The van der Waals surface area contributed by atoms with Gasteiger partial charge in [-0.25, -0.2) is 0 Å². The number of fused-ring (bicyclic) bond motifs is 1. The zero-order valence-electron chi connectivity index (χ0n) is 13.8. The van der Waals surface area contributed by atoms with Crippen LogP contribution in [0.3, 0.4) is 0 Å². The van der Waals surface area contributed by atoms with Crippen molar-refractivity contribution in [2.75, 3.05) is 0 Å². The van der Waals surface area contributed by atoms with E-state index in [0.717, 1.165) is 17.1 Å². The van der Waals surface area contributed by atoms with E-state index in [1.165, 1.54) is 16.4 Å². The third-order valence-corrected chi connectivity index (χ3v) is 4.70. The van der Waals surface area contributed by atoms with Crippen LogP contribution in [0, 0.1) is 0 Å². The molecule has 0 saturated carbocycles. The van der Waals surface area contributed by atoms with Gasteiger partial charge in [-0.1, -0.05) is 18.2 Å². The molecule has 4 heterocycles. The largest absolute Gasteiger partial charge is 0.270 e. The Labute approximate surface area is 157 Å². The lowest BCUT2D eigenvalue weighted by Crippen LogP contribution is -2.00. The highest BCUT2D eigenvalue weighted by atomic mass is 32.2. The van der Waals surface area contributed by atoms with Crippen molar-refractivity contribution in [1.29, 1.82) is 0 Å². The summed E-state index contributed by atoms with van der Waals surface area (Å²) in [6.07, 6.45) is 3.47. The third kappa shape index (κ3) is 2.91. The van der Waals surface area contributed by atoms with E-state index in [2.05, 4.69) is 35.8 Å². The van der Waals surface area contributed by atoms with E-state index in [1.54, 1.807) is 12.4 Å². The van der Waals surface area contributed by atoms with Crippen LogP contribution in [0.4, 0.5) is 0 Å². The van der Waals surface area contributed by atoms with E-state index in [-0.39, 0.29) is 0 Å². The molecular formula is C17H11N9S. The summed E-state index contributed by atoms with van der Waals surface area (Å²) in [7, 11) is 0. The molecule has 0 aliphatic carbocycles. The van der Waals surface area contributed by atoms with Crippen LogP contribution in [-0.2, 0) is 0 Å². The van der Waals surface area contributed by atoms with Crippen molar-refractivity contribution in [2.45, 2.75) is 10.2 Å². The Morgan fingerprint density at radius 3 is 2.52 bits per heavy atom. The predicted molar refractivity (Wildman–Crippen MR) is 97.3 cm³/mol. The van der Waals surface area contributed by atoms with Crippen LogP contribution in [0.2, 0.25) is 0 Å². The van der Waals surface area contributed by atoms with Gasteiger partial charge in [0.25, 0.3) is 0 Å². The van der Waals surface area contributed by atoms with E-state index in [1.807, 2.05) is 59.2 Å². The fourth-order valence-electron chi connectivity index (χ4n) is 2.62. The molecule has 0 amide bonds. The minimum absolute atomic E-state index is 0.585. The number of hydrogen-bond donors (Lipinski definition) is 0. The second-order valence-corrected chi connectivity index (χ2v) is 6.50. The normalized spacial score (nSPS) is 11.1. The van der Waals surface area contributed by atoms with Gasteiger partial charge in [0, 0.05) is 23.6 Å². The monoisotopic (exact) mass is 373 g/mol. The van der Waals surface area contributed by atoms with Gasteiger partial charge < -0.3 is 0 Å². The van der Waals surface area contributed by atoms with Crippen molar-refractivity contribution >= 4 is 17.4 Å². The molecule has 5 aromatic rings. The molecule has 0 radical (unpaired) electrons. The summed E-state index contributed by atoms with van der Waals surface area (Å²) in [5.41, 5.74) is 2.47. The van der Waals surface area contributed by atoms with Crippen LogP contribution in [0.1, 0.15) is 0 Å². The summed E-state index contributed by atoms with van der Waals surface area (Å²) < 4.78 is 3.38. The average Bonchev–Trinajstić information content (AvgIpc) is 3.36. The molecular weight excluding hydrogens is 362 g/mol. The van der Waals surface area contributed by atoms with Gasteiger partial charge in [-0.05, 0) is 58.6 Å². The summed E-state index contributed by atoms with van der Waals surface area (Å²) in [6, 6.07) is 17.4. The van der Waals surface area contributed by atoms with Crippen LogP contribution in [0.25, 0.3) is 22.7 Å². The molecule has 0 saturated heterocycles. The maximum absolute atomic E-state index is 4.40. The second-order valence-electron chi connectivity index (χ2n) is 5.51. The molecule has 9 nitrogen and oxygen atoms in total. The van der Waals surface area contributed by atoms with E-state index < -0.39 is 0 Å². The Kier molecular flexibility index (Phi) is 3.79. The summed E-state index contributed by atoms with van der Waals surface area (Å²) >= 11 is 1.39. The fourth-order valence-corrected chi connectivity index (χ4v) is 3.42. The van der Waals surface area contributed by atoms with Gasteiger partial charge in [0.2, 0.25) is 5.16 Å². The van der Waals surface area contributed by atoms with Crippen molar-refractivity contribution in [3.63, 3.8) is 0 Å². The van der Waals surface area contributed by atoms with E-state index >= 15 is 0 Å². The maximum atomic E-state index is 4.40. The van der Waals surface area contributed by atoms with Crippen molar-refractivity contribution in [3.05, 3.63) is 67.0 Å². The quantitative estimate of drug-likeness (QED) is 0.473. The number of para-hydroxylation sites is 1. The zero-order chi connectivity index (χ0) is 18.1. The predicted octanol–water partition coefficient (Wildman–Crippen LogP) is 2.31. The molecule has 0 unspecified atom stereocenters. The second kappa shape index (κ2) is 6.57. The molecule has 0 fully saturated rings. The van der Waals surface area contributed by atoms with E-state index in [9.17, 15) is 0 Å². The van der Waals surface area contributed by atoms with Crippen LogP contribution in [-0.4, -0.2) is 45.0 Å². The summed E-state index contributed by atoms with van der Waals surface area (Å²) in [6.45, 7) is 0. The summed E-state index contributed by atoms with van der Waals surface area (Å²) in [5, 5.41) is 25.9. The van der Waals surface area contributed by atoms with Crippen molar-refractivity contribution in [1.82, 2.24) is 45.0 Å². The highest BCUT2D eigenvalue weighted by Gasteiger charge is 2.17.